The van der Waals surface area contributed by atoms with E-state index in [9.17, 15) is 0 Å². The summed E-state index contributed by atoms with van der Waals surface area (Å²) in [5.41, 5.74) is 10.7. The molecule has 0 aliphatic carbocycles. The van der Waals surface area contributed by atoms with Gasteiger partial charge in [-0.15, -0.1) is 11.3 Å². The van der Waals surface area contributed by atoms with Gasteiger partial charge in [-0.2, -0.15) is 5.10 Å². The van der Waals surface area contributed by atoms with Crippen molar-refractivity contribution in [2.24, 2.45) is 0 Å². The van der Waals surface area contributed by atoms with Gasteiger partial charge in [-0.05, 0) is 60.7 Å². The van der Waals surface area contributed by atoms with Crippen molar-refractivity contribution >= 4 is 27.2 Å². The van der Waals surface area contributed by atoms with E-state index in [2.05, 4.69) is 65.6 Å². The summed E-state index contributed by atoms with van der Waals surface area (Å²) in [6.07, 6.45) is 6.75. The third-order valence-corrected chi connectivity index (χ3v) is 7.36. The van der Waals surface area contributed by atoms with Gasteiger partial charge in [0.05, 0.1) is 21.6 Å². The third-order valence-electron chi connectivity index (χ3n) is 6.14. The third kappa shape index (κ3) is 2.99. The fourth-order valence-electron chi connectivity index (χ4n) is 4.63. The maximum absolute atomic E-state index is 4.72. The second kappa shape index (κ2) is 7.00. The quantitative estimate of drug-likeness (QED) is 0.420. The van der Waals surface area contributed by atoms with Crippen LogP contribution in [0.15, 0.2) is 36.9 Å². The molecule has 0 bridgehead atoms. The Morgan fingerprint density at radius 3 is 2.90 bits per heavy atom. The normalized spacial score (nSPS) is 14.1. The molecule has 0 atom stereocenters. The van der Waals surface area contributed by atoms with Crippen LogP contribution in [0.4, 0.5) is 0 Å². The maximum Gasteiger partial charge on any atom is 0.158 e. The number of aryl methyl sites for hydroxylation is 1. The number of thiophene rings is 1. The molecule has 7 heteroatoms. The van der Waals surface area contributed by atoms with Crippen LogP contribution in [0.3, 0.4) is 0 Å². The standard InChI is InChI=1S/C24H24N6S/c1-13(2)21-22(17-6-14(3)24-27-12-28-30(24)11-17)29-18-8-20(31-23(18)21)16-7-15-4-5-25-10-19(15)26-9-16/h6-9,11-13,25,29H,4-5,10H2,1-3H3. The smallest absolute Gasteiger partial charge is 0.158 e. The van der Waals surface area contributed by atoms with Crippen LogP contribution in [0.5, 0.6) is 0 Å². The lowest BCUT2D eigenvalue weighted by Crippen LogP contribution is -2.24. The number of rotatable bonds is 3. The van der Waals surface area contributed by atoms with E-state index in [0.29, 0.717) is 5.92 Å². The van der Waals surface area contributed by atoms with Crippen LogP contribution in [0.2, 0.25) is 0 Å². The van der Waals surface area contributed by atoms with Crippen LogP contribution in [0.1, 0.15) is 42.1 Å². The minimum atomic E-state index is 0.398. The zero-order chi connectivity index (χ0) is 21.1. The minimum absolute atomic E-state index is 0.398. The summed E-state index contributed by atoms with van der Waals surface area (Å²) in [7, 11) is 0. The van der Waals surface area contributed by atoms with Crippen molar-refractivity contribution in [3.8, 4) is 21.7 Å². The Hall–Kier alpha value is -3.03. The summed E-state index contributed by atoms with van der Waals surface area (Å²) in [5, 5.41) is 7.75. The lowest BCUT2D eigenvalue weighted by atomic mass is 9.99. The predicted octanol–water partition coefficient (Wildman–Crippen LogP) is 5.08. The first-order valence-electron chi connectivity index (χ1n) is 10.7. The molecule has 1 aliphatic rings. The zero-order valence-corrected chi connectivity index (χ0v) is 18.7. The van der Waals surface area contributed by atoms with E-state index in [1.807, 2.05) is 22.0 Å². The molecule has 31 heavy (non-hydrogen) atoms. The highest BCUT2D eigenvalue weighted by molar-refractivity contribution is 7.22. The van der Waals surface area contributed by atoms with Gasteiger partial charge in [0.25, 0.3) is 0 Å². The molecule has 5 aromatic rings. The van der Waals surface area contributed by atoms with Gasteiger partial charge in [0.1, 0.15) is 6.33 Å². The summed E-state index contributed by atoms with van der Waals surface area (Å²) in [6, 6.07) is 6.81. The second-order valence-electron chi connectivity index (χ2n) is 8.62. The molecule has 0 spiro atoms. The molecule has 156 valence electrons. The molecule has 0 fully saturated rings. The van der Waals surface area contributed by atoms with Crippen LogP contribution < -0.4 is 5.32 Å². The fourth-order valence-corrected chi connectivity index (χ4v) is 5.92. The fraction of sp³-hybridized carbons (Fsp3) is 0.292. The Balaban J connectivity index is 1.49. The van der Waals surface area contributed by atoms with E-state index >= 15 is 0 Å². The van der Waals surface area contributed by atoms with E-state index < -0.39 is 0 Å². The first-order valence-corrected chi connectivity index (χ1v) is 11.5. The number of aromatic nitrogens is 5. The van der Waals surface area contributed by atoms with Gasteiger partial charge in [0.2, 0.25) is 0 Å². The van der Waals surface area contributed by atoms with Crippen LogP contribution in [-0.2, 0) is 13.0 Å². The minimum Gasteiger partial charge on any atom is -0.354 e. The second-order valence-corrected chi connectivity index (χ2v) is 9.67. The Labute approximate surface area is 184 Å². The van der Waals surface area contributed by atoms with Gasteiger partial charge in [0, 0.05) is 34.9 Å². The Morgan fingerprint density at radius 1 is 1.13 bits per heavy atom. The zero-order valence-electron chi connectivity index (χ0n) is 17.9. The number of fused-ring (bicyclic) bond motifs is 3. The van der Waals surface area contributed by atoms with E-state index in [-0.39, 0.29) is 0 Å². The number of aromatic amines is 1. The van der Waals surface area contributed by atoms with Crippen LogP contribution in [0.25, 0.3) is 37.6 Å². The molecule has 0 aromatic carbocycles. The first kappa shape index (κ1) is 18.7. The molecule has 0 saturated heterocycles. The number of nitrogens with one attached hydrogen (secondary N) is 2. The summed E-state index contributed by atoms with van der Waals surface area (Å²) in [5.74, 6) is 0.398. The van der Waals surface area contributed by atoms with Gasteiger partial charge in [-0.25, -0.2) is 9.50 Å². The monoisotopic (exact) mass is 428 g/mol. The number of nitrogens with zero attached hydrogens (tertiary/aromatic N) is 4. The van der Waals surface area contributed by atoms with Crippen molar-refractivity contribution in [2.75, 3.05) is 6.54 Å². The highest BCUT2D eigenvalue weighted by Gasteiger charge is 2.21. The number of H-pyrrole nitrogens is 1. The maximum atomic E-state index is 4.72. The largest absolute Gasteiger partial charge is 0.354 e. The van der Waals surface area contributed by atoms with Crippen molar-refractivity contribution in [3.05, 3.63) is 59.3 Å². The molecule has 5 aromatic heterocycles. The van der Waals surface area contributed by atoms with Crippen molar-refractivity contribution in [2.45, 2.75) is 39.7 Å². The van der Waals surface area contributed by atoms with Crippen molar-refractivity contribution in [1.82, 2.24) is 29.9 Å². The van der Waals surface area contributed by atoms with E-state index in [4.69, 9.17) is 4.98 Å². The molecular weight excluding hydrogens is 404 g/mol. The average Bonchev–Trinajstić information content (AvgIpc) is 3.47. The molecule has 0 saturated carbocycles. The van der Waals surface area contributed by atoms with Crippen LogP contribution in [-0.4, -0.2) is 31.1 Å². The molecule has 6 heterocycles. The lowest BCUT2D eigenvalue weighted by Gasteiger charge is -2.16. The highest BCUT2D eigenvalue weighted by atomic mass is 32.1. The SMILES string of the molecule is Cc1cc(-c2[nH]c3cc(-c4cnc5c(c4)CCNC5)sc3c2C(C)C)cn2ncnc12. The van der Waals surface area contributed by atoms with Crippen LogP contribution in [0, 0.1) is 6.92 Å². The lowest BCUT2D eigenvalue weighted by molar-refractivity contribution is 0.627. The molecule has 2 N–H and O–H groups in total. The van der Waals surface area contributed by atoms with Gasteiger partial charge < -0.3 is 10.3 Å². The van der Waals surface area contributed by atoms with Gasteiger partial charge >= 0.3 is 0 Å². The topological polar surface area (TPSA) is 70.9 Å². The van der Waals surface area contributed by atoms with Gasteiger partial charge in [-0.1, -0.05) is 13.8 Å². The van der Waals surface area contributed by atoms with Gasteiger partial charge in [-0.3, -0.25) is 4.98 Å². The predicted molar refractivity (Wildman–Crippen MR) is 126 cm³/mol. The Morgan fingerprint density at radius 2 is 2.03 bits per heavy atom. The van der Waals surface area contributed by atoms with Crippen molar-refractivity contribution < 1.29 is 0 Å². The Bertz CT molecular complexity index is 1440. The van der Waals surface area contributed by atoms with Crippen molar-refractivity contribution in [1.29, 1.82) is 0 Å². The molecular formula is C24H24N6S. The summed E-state index contributed by atoms with van der Waals surface area (Å²) < 4.78 is 3.19. The van der Waals surface area contributed by atoms with E-state index in [1.54, 1.807) is 6.33 Å². The number of pyridine rings is 2. The van der Waals surface area contributed by atoms with Crippen molar-refractivity contribution in [3.63, 3.8) is 0 Å². The van der Waals surface area contributed by atoms with E-state index in [1.165, 1.54) is 43.2 Å². The Kier molecular flexibility index (Phi) is 4.23. The highest BCUT2D eigenvalue weighted by Crippen LogP contribution is 2.43. The van der Waals surface area contributed by atoms with E-state index in [0.717, 1.165) is 36.3 Å². The van der Waals surface area contributed by atoms with Gasteiger partial charge in [0.15, 0.2) is 5.65 Å². The summed E-state index contributed by atoms with van der Waals surface area (Å²) in [6.45, 7) is 8.52. The molecule has 6 nitrogen and oxygen atoms in total. The molecule has 0 radical (unpaired) electrons. The van der Waals surface area contributed by atoms with Crippen LogP contribution >= 0.6 is 11.3 Å². The molecule has 1 aliphatic heterocycles. The first-order chi connectivity index (χ1) is 15.1. The molecule has 0 amide bonds. The molecule has 0 unspecified atom stereocenters. The summed E-state index contributed by atoms with van der Waals surface area (Å²) >= 11 is 1.86. The summed E-state index contributed by atoms with van der Waals surface area (Å²) in [4.78, 5) is 14.1. The number of hydrogen-bond acceptors (Lipinski definition) is 5. The number of hydrogen-bond donors (Lipinski definition) is 2. The molecule has 6 rings (SSSR count). The average molecular weight is 429 g/mol.